The number of ketones is 1. The van der Waals surface area contributed by atoms with Gasteiger partial charge >= 0.3 is 0 Å². The van der Waals surface area contributed by atoms with E-state index in [4.69, 9.17) is 5.73 Å². The van der Waals surface area contributed by atoms with Crippen molar-refractivity contribution in [3.63, 3.8) is 0 Å². The lowest BCUT2D eigenvalue weighted by molar-refractivity contribution is 0.0996. The summed E-state index contributed by atoms with van der Waals surface area (Å²) in [6.07, 6.45) is 1.88. The number of fused-ring (bicyclic) bond motifs is 1. The van der Waals surface area contributed by atoms with Crippen LogP contribution in [0.25, 0.3) is 5.65 Å². The zero-order valence-corrected chi connectivity index (χ0v) is 7.90. The Kier molecular flexibility index (Phi) is 2.05. The third-order valence-electron chi connectivity index (χ3n) is 2.22. The van der Waals surface area contributed by atoms with E-state index >= 15 is 0 Å². The van der Waals surface area contributed by atoms with Crippen molar-refractivity contribution in [3.8, 4) is 0 Å². The van der Waals surface area contributed by atoms with E-state index in [1.165, 1.54) is 0 Å². The van der Waals surface area contributed by atoms with Crippen LogP contribution in [0.2, 0.25) is 0 Å². The molecule has 2 aromatic heterocycles. The summed E-state index contributed by atoms with van der Waals surface area (Å²) in [4.78, 5) is 15.6. The molecule has 2 aromatic rings. The van der Waals surface area contributed by atoms with E-state index in [1.807, 2.05) is 35.7 Å². The Morgan fingerprint density at radius 2 is 2.36 bits per heavy atom. The second kappa shape index (κ2) is 3.23. The Hall–Kier alpha value is -1.68. The molecule has 2 N–H and O–H groups in total. The summed E-state index contributed by atoms with van der Waals surface area (Å²) in [6.45, 7) is 1.87. The van der Waals surface area contributed by atoms with Crippen LogP contribution in [-0.4, -0.2) is 21.7 Å². The quantitative estimate of drug-likeness (QED) is 0.710. The highest BCUT2D eigenvalue weighted by atomic mass is 16.1. The number of carbonyl (C=O) groups excluding carboxylic acids is 1. The van der Waals surface area contributed by atoms with Crippen LogP contribution >= 0.6 is 0 Å². The summed E-state index contributed by atoms with van der Waals surface area (Å²) in [5.74, 6) is -0.119. The minimum absolute atomic E-state index is 0.00468. The number of Topliss-reactive ketones (excluding diaryl/α,β-unsaturated/α-hetero) is 1. The molecular formula is C10H11N3O. The van der Waals surface area contributed by atoms with Gasteiger partial charge in [-0.3, -0.25) is 4.79 Å². The van der Waals surface area contributed by atoms with Gasteiger partial charge in [0, 0.05) is 6.20 Å². The number of carbonyl (C=O) groups is 1. The summed E-state index contributed by atoms with van der Waals surface area (Å²) in [6, 6.07) is 5.65. The Bertz CT molecular complexity index is 487. The standard InChI is InChI=1S/C10H11N3O/c1-7-10(8(14)6-11)12-9-4-2-3-5-13(7)9/h2-5H,6,11H2,1H3. The van der Waals surface area contributed by atoms with Gasteiger partial charge in [-0.1, -0.05) is 6.07 Å². The van der Waals surface area contributed by atoms with E-state index in [2.05, 4.69) is 4.98 Å². The molecule has 4 heteroatoms. The van der Waals surface area contributed by atoms with Gasteiger partial charge < -0.3 is 10.1 Å². The smallest absolute Gasteiger partial charge is 0.196 e. The second-order valence-corrected chi connectivity index (χ2v) is 3.10. The molecule has 14 heavy (non-hydrogen) atoms. The van der Waals surface area contributed by atoms with Gasteiger partial charge in [-0.2, -0.15) is 0 Å². The average Bonchev–Trinajstić information content (AvgIpc) is 2.56. The van der Waals surface area contributed by atoms with E-state index in [-0.39, 0.29) is 12.3 Å². The minimum Gasteiger partial charge on any atom is -0.324 e. The van der Waals surface area contributed by atoms with Crippen LogP contribution in [-0.2, 0) is 0 Å². The van der Waals surface area contributed by atoms with Crippen LogP contribution < -0.4 is 5.73 Å². The molecule has 2 heterocycles. The van der Waals surface area contributed by atoms with E-state index in [0.29, 0.717) is 5.69 Å². The van der Waals surface area contributed by atoms with Crippen LogP contribution in [0.3, 0.4) is 0 Å². The number of imidazole rings is 1. The fourth-order valence-electron chi connectivity index (χ4n) is 1.48. The first-order chi connectivity index (χ1) is 6.74. The molecule has 0 spiro atoms. The number of hydrogen-bond donors (Lipinski definition) is 1. The van der Waals surface area contributed by atoms with Crippen LogP contribution in [0.15, 0.2) is 24.4 Å². The number of pyridine rings is 1. The SMILES string of the molecule is Cc1c(C(=O)CN)nc2ccccn12. The normalized spacial score (nSPS) is 10.7. The predicted octanol–water partition coefficient (Wildman–Crippen LogP) is 0.784. The Labute approximate surface area is 81.4 Å². The minimum atomic E-state index is -0.119. The summed E-state index contributed by atoms with van der Waals surface area (Å²) >= 11 is 0. The van der Waals surface area contributed by atoms with E-state index in [1.54, 1.807) is 0 Å². The highest BCUT2D eigenvalue weighted by Crippen LogP contribution is 2.11. The second-order valence-electron chi connectivity index (χ2n) is 3.10. The van der Waals surface area contributed by atoms with Gasteiger partial charge in [0.1, 0.15) is 11.3 Å². The Morgan fingerprint density at radius 1 is 1.57 bits per heavy atom. The first-order valence-electron chi connectivity index (χ1n) is 4.41. The van der Waals surface area contributed by atoms with Crippen molar-refractivity contribution in [2.45, 2.75) is 6.92 Å². The fraction of sp³-hybridized carbons (Fsp3) is 0.200. The third-order valence-corrected chi connectivity index (χ3v) is 2.22. The third kappa shape index (κ3) is 1.20. The molecule has 0 saturated heterocycles. The molecule has 0 aliphatic heterocycles. The zero-order chi connectivity index (χ0) is 10.1. The molecule has 2 rings (SSSR count). The van der Waals surface area contributed by atoms with Gasteiger partial charge in [-0.15, -0.1) is 0 Å². The average molecular weight is 189 g/mol. The molecule has 0 bridgehead atoms. The van der Waals surface area contributed by atoms with Gasteiger partial charge in [0.05, 0.1) is 12.2 Å². The number of nitrogens with two attached hydrogens (primary N) is 1. The van der Waals surface area contributed by atoms with Gasteiger partial charge in [0.15, 0.2) is 5.78 Å². The van der Waals surface area contributed by atoms with Gasteiger partial charge in [-0.25, -0.2) is 4.98 Å². The van der Waals surface area contributed by atoms with Crippen LogP contribution in [0.1, 0.15) is 16.2 Å². The molecule has 72 valence electrons. The van der Waals surface area contributed by atoms with Crippen molar-refractivity contribution in [2.24, 2.45) is 5.73 Å². The van der Waals surface area contributed by atoms with E-state index < -0.39 is 0 Å². The van der Waals surface area contributed by atoms with Crippen molar-refractivity contribution >= 4 is 11.4 Å². The summed E-state index contributed by atoms with van der Waals surface area (Å²) in [5.41, 5.74) is 7.39. The molecule has 0 aliphatic carbocycles. The molecule has 0 saturated carbocycles. The lowest BCUT2D eigenvalue weighted by atomic mass is 10.2. The first kappa shape index (κ1) is 8.90. The Balaban J connectivity index is 2.68. The lowest BCUT2D eigenvalue weighted by Gasteiger charge is -1.95. The van der Waals surface area contributed by atoms with E-state index in [9.17, 15) is 4.79 Å². The fourth-order valence-corrected chi connectivity index (χ4v) is 1.48. The summed E-state index contributed by atoms with van der Waals surface area (Å²) < 4.78 is 1.88. The molecule has 0 atom stereocenters. The molecule has 0 amide bonds. The maximum Gasteiger partial charge on any atom is 0.196 e. The van der Waals surface area contributed by atoms with Crippen LogP contribution in [0.4, 0.5) is 0 Å². The molecule has 0 fully saturated rings. The van der Waals surface area contributed by atoms with Gasteiger partial charge in [0.2, 0.25) is 0 Å². The van der Waals surface area contributed by atoms with Crippen molar-refractivity contribution in [1.82, 2.24) is 9.38 Å². The lowest BCUT2D eigenvalue weighted by Crippen LogP contribution is -2.15. The topological polar surface area (TPSA) is 60.4 Å². The zero-order valence-electron chi connectivity index (χ0n) is 7.90. The molecule has 4 nitrogen and oxygen atoms in total. The number of hydrogen-bond acceptors (Lipinski definition) is 3. The largest absolute Gasteiger partial charge is 0.324 e. The summed E-state index contributed by atoms with van der Waals surface area (Å²) in [5, 5.41) is 0. The molecule has 0 aliphatic rings. The molecule has 0 aromatic carbocycles. The molecular weight excluding hydrogens is 178 g/mol. The number of aromatic nitrogens is 2. The molecule has 0 radical (unpaired) electrons. The van der Waals surface area contributed by atoms with E-state index in [0.717, 1.165) is 11.3 Å². The van der Waals surface area contributed by atoms with Crippen LogP contribution in [0, 0.1) is 6.92 Å². The maximum absolute atomic E-state index is 11.4. The highest BCUT2D eigenvalue weighted by molar-refractivity contribution is 5.97. The molecule has 0 unspecified atom stereocenters. The van der Waals surface area contributed by atoms with Crippen molar-refractivity contribution in [3.05, 3.63) is 35.8 Å². The monoisotopic (exact) mass is 189 g/mol. The van der Waals surface area contributed by atoms with Gasteiger partial charge in [0.25, 0.3) is 0 Å². The number of rotatable bonds is 2. The van der Waals surface area contributed by atoms with Crippen molar-refractivity contribution < 1.29 is 4.79 Å². The Morgan fingerprint density at radius 3 is 3.00 bits per heavy atom. The highest BCUT2D eigenvalue weighted by Gasteiger charge is 2.13. The summed E-state index contributed by atoms with van der Waals surface area (Å²) in [7, 11) is 0. The van der Waals surface area contributed by atoms with Crippen molar-refractivity contribution in [1.29, 1.82) is 0 Å². The predicted molar refractivity (Wildman–Crippen MR) is 53.3 cm³/mol. The first-order valence-corrected chi connectivity index (χ1v) is 4.41. The van der Waals surface area contributed by atoms with Gasteiger partial charge in [-0.05, 0) is 19.1 Å². The number of nitrogens with zero attached hydrogens (tertiary/aromatic N) is 2. The van der Waals surface area contributed by atoms with Crippen molar-refractivity contribution in [2.75, 3.05) is 6.54 Å². The number of aryl methyl sites for hydroxylation is 1. The maximum atomic E-state index is 11.4. The van der Waals surface area contributed by atoms with Crippen LogP contribution in [0.5, 0.6) is 0 Å².